The quantitative estimate of drug-likeness (QED) is 0.0357. The summed E-state index contributed by atoms with van der Waals surface area (Å²) < 4.78 is 121. The molecule has 0 spiro atoms. The molecule has 8 fully saturated rings. The molecule has 25 heteroatoms. The maximum absolute atomic E-state index is 11.9. The van der Waals surface area contributed by atoms with Crippen LogP contribution in [0.1, 0.15) is 272 Å². The van der Waals surface area contributed by atoms with E-state index in [1.807, 2.05) is 0 Å². The monoisotopic (exact) mass is 1580 g/mol. The molecule has 0 aliphatic carbocycles. The Hall–Kier alpha value is -1.26. The van der Waals surface area contributed by atoms with Crippen LogP contribution in [0.3, 0.4) is 0 Å². The minimum atomic E-state index is -2.95. The second kappa shape index (κ2) is 52.1. The van der Waals surface area contributed by atoms with Crippen LogP contribution in [0, 0.1) is 59.2 Å². The van der Waals surface area contributed by atoms with Crippen molar-refractivity contribution in [3.8, 4) is 0 Å². The fourth-order valence-corrected chi connectivity index (χ4v) is 22.8. The lowest BCUT2D eigenvalue weighted by atomic mass is 10.0. The molecule has 0 aromatic carbocycles. The van der Waals surface area contributed by atoms with E-state index in [1.165, 1.54) is 88.9 Å². The number of carbonyl (C=O) groups excluding carboxylic acids is 2. The van der Waals surface area contributed by atoms with Gasteiger partial charge in [-0.3, -0.25) is 22.9 Å². The molecule has 103 heavy (non-hydrogen) atoms. The maximum Gasteiger partial charge on any atom is 0.229 e. The summed E-state index contributed by atoms with van der Waals surface area (Å²) >= 11 is 0. The van der Waals surface area contributed by atoms with Crippen LogP contribution >= 0.6 is 0 Å². The molecular formula is C78H159N7O12S6. The van der Waals surface area contributed by atoms with Crippen molar-refractivity contribution in [1.29, 1.82) is 0 Å². The summed E-state index contributed by atoms with van der Waals surface area (Å²) in [6.07, 6.45) is 25.0. The van der Waals surface area contributed by atoms with E-state index in [1.54, 1.807) is 17.2 Å². The average Bonchev–Trinajstić information content (AvgIpc) is 1.68. The average molecular weight is 1580 g/mol. The first-order valence-electron chi connectivity index (χ1n) is 40.7. The van der Waals surface area contributed by atoms with Gasteiger partial charge in [0.15, 0.2) is 0 Å². The number of amides is 2. The predicted molar refractivity (Wildman–Crippen MR) is 443 cm³/mol. The number of sulfonamides is 4. The third-order valence-corrected chi connectivity index (χ3v) is 31.8. The topological polar surface area (TPSA) is 228 Å². The Bertz CT molecular complexity index is 2940. The van der Waals surface area contributed by atoms with Crippen LogP contribution in [-0.2, 0) is 68.7 Å². The van der Waals surface area contributed by atoms with Gasteiger partial charge in [0, 0.05) is 114 Å². The normalized spacial score (nSPS) is 23.6. The van der Waals surface area contributed by atoms with E-state index in [0.717, 1.165) is 201 Å². The zero-order valence-corrected chi connectivity index (χ0v) is 73.8. The van der Waals surface area contributed by atoms with E-state index < -0.39 is 59.1 Å². The Morgan fingerprint density at radius 1 is 0.388 bits per heavy atom. The van der Waals surface area contributed by atoms with Crippen LogP contribution in [0.15, 0.2) is 0 Å². The summed E-state index contributed by atoms with van der Waals surface area (Å²) in [5.74, 6) is 19.5. The van der Waals surface area contributed by atoms with Crippen LogP contribution in [0.5, 0.6) is 0 Å². The number of nitrogens with zero attached hydrogens (tertiary/aromatic N) is 7. The molecule has 614 valence electrons. The molecule has 8 aliphatic heterocycles. The van der Waals surface area contributed by atoms with Crippen molar-refractivity contribution in [2.45, 2.75) is 272 Å². The number of unbranched alkanes of at least 4 members (excludes halogenated alkanes) is 1. The zero-order valence-electron chi connectivity index (χ0n) is 68.9. The van der Waals surface area contributed by atoms with Crippen molar-refractivity contribution in [2.75, 3.05) is 144 Å². The predicted octanol–water partition coefficient (Wildman–Crippen LogP) is 13.8. The number of hydrogen-bond donors (Lipinski definition) is 0. The molecule has 8 heterocycles. The molecule has 19 nitrogen and oxygen atoms in total. The number of rotatable bonds is 31. The molecule has 1 atom stereocenters. The standard InChI is InChI=1S/C11H23NO2S.C11H23NOS.C11H23N.C10H21NO2S.C9H19NO2S.C9H15NO2.C9H18OS.C8H17NO2S/c1-11(2)7-6-10-15(13,14)12-8-4-3-5-9-12;1-11(2)5-4-6-12-7-9-14(3,13)10-8-12;1-10(2)5-4-7-12-8-6-11(3)9-12;1-10(2)6-3-4-7-11-8-5-9-14(11,12)13;1-9(2)5-3-6-10-7-4-8-13(10,11)12;1-7(2)5-6-10-8(11)3-4-9(10)12;1-8(2)4-5-9-6-11(3,10)7-9;1-8(2)4-6-9-5-3-7-12(9,10)11/h11H,3-10H2,1-2H3;11H,3-10H2,1-2H3;10-11H,4-9H2,1-3H3;10H,3-9H2,1-2H3;9H,3-8H2,1-2H3;7H,3-6H2,1-2H3;8-9H,3-7H2,1-2H3;8H,3-7H2,1-2H3/t;;11-;;;;;/m..1...../s1. The highest BCUT2D eigenvalue weighted by Gasteiger charge is 2.32. The third-order valence-electron chi connectivity index (χ3n) is 20.0. The first-order chi connectivity index (χ1) is 47.9. The minimum absolute atomic E-state index is 0.000602. The van der Waals surface area contributed by atoms with Gasteiger partial charge in [0.25, 0.3) is 0 Å². The molecule has 0 saturated carbocycles. The first-order valence-corrected chi connectivity index (χ1v) is 51.3. The van der Waals surface area contributed by atoms with Crippen molar-refractivity contribution < 1.29 is 51.7 Å². The van der Waals surface area contributed by atoms with Crippen molar-refractivity contribution in [2.24, 2.45) is 59.2 Å². The van der Waals surface area contributed by atoms with Gasteiger partial charge in [-0.05, 0) is 225 Å². The van der Waals surface area contributed by atoms with Gasteiger partial charge in [0.05, 0.1) is 23.0 Å². The minimum Gasteiger partial charge on any atom is -0.303 e. The van der Waals surface area contributed by atoms with Crippen LogP contribution in [0.25, 0.3) is 0 Å². The first kappa shape index (κ1) is 99.7. The van der Waals surface area contributed by atoms with Gasteiger partial charge in [-0.15, -0.1) is 0 Å². The van der Waals surface area contributed by atoms with E-state index in [-0.39, 0.29) is 11.8 Å². The van der Waals surface area contributed by atoms with Crippen LogP contribution < -0.4 is 0 Å². The van der Waals surface area contributed by atoms with E-state index in [0.29, 0.717) is 72.6 Å². The lowest BCUT2D eigenvalue weighted by Crippen LogP contribution is -2.40. The molecule has 8 saturated heterocycles. The van der Waals surface area contributed by atoms with Gasteiger partial charge in [-0.2, -0.15) is 0 Å². The molecule has 0 radical (unpaired) electrons. The number of likely N-dealkylation sites (tertiary alicyclic amines) is 2. The summed E-state index contributed by atoms with van der Waals surface area (Å²) in [4.78, 5) is 28.6. The highest BCUT2D eigenvalue weighted by atomic mass is 32.2. The Labute approximate surface area is 637 Å². The Balaban J connectivity index is 0.000000590. The fourth-order valence-electron chi connectivity index (χ4n) is 13.2. The van der Waals surface area contributed by atoms with Crippen molar-refractivity contribution in [3.05, 3.63) is 0 Å². The van der Waals surface area contributed by atoms with E-state index in [9.17, 15) is 51.7 Å². The lowest BCUT2D eigenvalue weighted by Gasteiger charge is -2.30. The van der Waals surface area contributed by atoms with Gasteiger partial charge in [-0.1, -0.05) is 143 Å². The number of imide groups is 1. The molecule has 2 amide bonds. The Kier molecular flexibility index (Phi) is 50.4. The number of carbonyl (C=O) groups is 2. The molecule has 0 aromatic heterocycles. The number of piperidine rings is 1. The summed E-state index contributed by atoms with van der Waals surface area (Å²) in [5.41, 5.74) is 0. The van der Waals surface area contributed by atoms with Crippen molar-refractivity contribution in [3.63, 3.8) is 0 Å². The van der Waals surface area contributed by atoms with E-state index >= 15 is 0 Å². The third kappa shape index (κ3) is 48.2. The highest BCUT2D eigenvalue weighted by molar-refractivity contribution is 8.01. The maximum atomic E-state index is 11.9. The van der Waals surface area contributed by atoms with E-state index in [4.69, 9.17) is 0 Å². The Morgan fingerprint density at radius 2 is 0.767 bits per heavy atom. The fraction of sp³-hybridized carbons (Fsp3) is 0.949. The van der Waals surface area contributed by atoms with E-state index in [2.05, 4.69) is 139 Å². The second-order valence-electron chi connectivity index (χ2n) is 34.4. The van der Waals surface area contributed by atoms with Crippen molar-refractivity contribution in [1.82, 2.24) is 31.9 Å². The van der Waals surface area contributed by atoms with Gasteiger partial charge >= 0.3 is 0 Å². The molecule has 0 aromatic rings. The van der Waals surface area contributed by atoms with Gasteiger partial charge < -0.3 is 9.80 Å². The summed E-state index contributed by atoms with van der Waals surface area (Å²) in [6.45, 7) is 51.0. The number of hydrogen-bond acceptors (Lipinski definition) is 14. The van der Waals surface area contributed by atoms with Crippen LogP contribution in [0.4, 0.5) is 0 Å². The van der Waals surface area contributed by atoms with Crippen LogP contribution in [-0.4, -0.2) is 242 Å². The SMILES string of the molecule is C=S1(=O)CC(CCC(C)C)C1.C=S1(=O)CCN(CCCC(C)C)CC1.CC(C)CCCCN1CCCS1(=O)=O.CC(C)CCCN1CCCS1(=O)=O.CC(C)CCCN1CC[C@@H](C)C1.CC(C)CCCS(=O)(=O)N1CCCCC1.CC(C)CCN1C(=O)CCC1=O.CC(C)CCN1CCCS1(=O)=O. The zero-order chi connectivity index (χ0) is 78.2. The Morgan fingerprint density at radius 3 is 1.16 bits per heavy atom. The molecule has 0 N–H and O–H groups in total. The summed E-state index contributed by atoms with van der Waals surface area (Å²) in [6, 6.07) is 0. The van der Waals surface area contributed by atoms with Crippen LogP contribution in [0.2, 0.25) is 0 Å². The second-order valence-corrected chi connectivity index (χ2v) is 48.1. The molecular weight excluding hydrogens is 1420 g/mol. The summed E-state index contributed by atoms with van der Waals surface area (Å²) in [5, 5.41) is 0. The molecule has 8 rings (SSSR count). The molecule has 8 aliphatic rings. The van der Waals surface area contributed by atoms with Crippen molar-refractivity contribution >= 4 is 82.7 Å². The summed E-state index contributed by atoms with van der Waals surface area (Å²) in [7, 11) is -14.8. The van der Waals surface area contributed by atoms with Gasteiger partial charge in [-0.25, -0.2) is 50.9 Å². The lowest BCUT2D eigenvalue weighted by molar-refractivity contribution is -0.138. The molecule has 0 unspecified atom stereocenters. The van der Waals surface area contributed by atoms with Gasteiger partial charge in [0.2, 0.25) is 51.9 Å². The highest BCUT2D eigenvalue weighted by Crippen LogP contribution is 2.25. The smallest absolute Gasteiger partial charge is 0.229 e. The van der Waals surface area contributed by atoms with Gasteiger partial charge in [0.1, 0.15) is 0 Å². The largest absolute Gasteiger partial charge is 0.303 e. The molecule has 0 bridgehead atoms.